The van der Waals surface area contributed by atoms with Gasteiger partial charge >= 0.3 is 0 Å². The second-order valence-electron chi connectivity index (χ2n) is 5.76. The van der Waals surface area contributed by atoms with Crippen LogP contribution in [0.3, 0.4) is 0 Å². The molecule has 0 bridgehead atoms. The summed E-state index contributed by atoms with van der Waals surface area (Å²) in [6.45, 7) is 0.428. The summed E-state index contributed by atoms with van der Waals surface area (Å²) in [7, 11) is 3.21. The fraction of sp³-hybridized carbons (Fsp3) is 0.211. The van der Waals surface area contributed by atoms with Crippen LogP contribution in [-0.2, 0) is 17.9 Å². The number of ether oxygens (including phenoxy) is 2. The molecule has 140 valence electrons. The minimum Gasteiger partial charge on any atom is -0.497 e. The predicted molar refractivity (Wildman–Crippen MR) is 104 cm³/mol. The number of aromatic amines is 1. The highest BCUT2D eigenvalue weighted by Gasteiger charge is 2.13. The average Bonchev–Trinajstić information content (AvgIpc) is 3.07. The van der Waals surface area contributed by atoms with E-state index in [-0.39, 0.29) is 12.5 Å². The lowest BCUT2D eigenvalue weighted by molar-refractivity contribution is -0.121. The second-order valence-corrected chi connectivity index (χ2v) is 6.14. The summed E-state index contributed by atoms with van der Waals surface area (Å²) < 4.78 is 12.5. The molecule has 2 N–H and O–H groups in total. The van der Waals surface area contributed by atoms with Crippen LogP contribution in [0.2, 0.25) is 0 Å². The number of benzene rings is 2. The van der Waals surface area contributed by atoms with Crippen molar-refractivity contribution in [2.75, 3.05) is 14.2 Å². The van der Waals surface area contributed by atoms with Crippen LogP contribution in [0.5, 0.6) is 11.5 Å². The third-order valence-corrected chi connectivity index (χ3v) is 4.39. The molecule has 3 rings (SSSR count). The largest absolute Gasteiger partial charge is 0.497 e. The molecule has 1 aromatic heterocycles. The van der Waals surface area contributed by atoms with Gasteiger partial charge in [0.25, 0.3) is 0 Å². The summed E-state index contributed by atoms with van der Waals surface area (Å²) in [5, 5.41) is 9.88. The van der Waals surface area contributed by atoms with Gasteiger partial charge in [0, 0.05) is 17.7 Å². The maximum absolute atomic E-state index is 12.4. The number of para-hydroxylation sites is 1. The maximum atomic E-state index is 12.4. The number of nitrogens with one attached hydrogen (secondary N) is 2. The summed E-state index contributed by atoms with van der Waals surface area (Å²) in [5.74, 6) is 1.90. The quantitative estimate of drug-likeness (QED) is 0.612. The third-order valence-electron chi connectivity index (χ3n) is 4.08. The first-order chi connectivity index (χ1) is 13.1. The van der Waals surface area contributed by atoms with Crippen LogP contribution >= 0.6 is 12.2 Å². The van der Waals surface area contributed by atoms with Gasteiger partial charge in [-0.05, 0) is 42.5 Å². The smallest absolute Gasteiger partial charge is 0.240 e. The van der Waals surface area contributed by atoms with Gasteiger partial charge < -0.3 is 14.8 Å². The van der Waals surface area contributed by atoms with Crippen molar-refractivity contribution in [1.82, 2.24) is 20.1 Å². The normalized spacial score (nSPS) is 10.4. The number of aromatic nitrogens is 3. The Morgan fingerprint density at radius 2 is 1.89 bits per heavy atom. The van der Waals surface area contributed by atoms with E-state index in [1.807, 2.05) is 48.5 Å². The van der Waals surface area contributed by atoms with Gasteiger partial charge in [0.2, 0.25) is 5.91 Å². The number of rotatable bonds is 7. The zero-order valence-electron chi connectivity index (χ0n) is 15.1. The molecule has 7 nitrogen and oxygen atoms in total. The van der Waals surface area contributed by atoms with Crippen LogP contribution in [0.15, 0.2) is 48.5 Å². The SMILES string of the molecule is COc1ccc(-c2n[nH]c(=S)n2CC(=O)NCc2ccccc2OC)cc1. The van der Waals surface area contributed by atoms with E-state index in [4.69, 9.17) is 21.7 Å². The van der Waals surface area contributed by atoms with Gasteiger partial charge in [-0.1, -0.05) is 18.2 Å². The van der Waals surface area contributed by atoms with Crippen molar-refractivity contribution < 1.29 is 14.3 Å². The number of hydrogen-bond donors (Lipinski definition) is 2. The molecule has 0 aliphatic carbocycles. The molecule has 0 unspecified atom stereocenters. The van der Waals surface area contributed by atoms with E-state index in [9.17, 15) is 4.79 Å². The van der Waals surface area contributed by atoms with E-state index >= 15 is 0 Å². The van der Waals surface area contributed by atoms with Crippen molar-refractivity contribution >= 4 is 18.1 Å². The highest BCUT2D eigenvalue weighted by Crippen LogP contribution is 2.21. The van der Waals surface area contributed by atoms with Gasteiger partial charge in [0.05, 0.1) is 14.2 Å². The second kappa shape index (κ2) is 8.50. The molecule has 8 heteroatoms. The molecule has 1 amide bonds. The fourth-order valence-corrected chi connectivity index (χ4v) is 2.86. The molecule has 3 aromatic rings. The van der Waals surface area contributed by atoms with E-state index in [1.54, 1.807) is 18.8 Å². The molecule has 0 saturated heterocycles. The first-order valence-corrected chi connectivity index (χ1v) is 8.71. The van der Waals surface area contributed by atoms with Crippen molar-refractivity contribution in [3.8, 4) is 22.9 Å². The lowest BCUT2D eigenvalue weighted by Gasteiger charge is -2.11. The van der Waals surface area contributed by atoms with Crippen molar-refractivity contribution in [1.29, 1.82) is 0 Å². The first kappa shape index (κ1) is 18.7. The van der Waals surface area contributed by atoms with Crippen LogP contribution in [0.25, 0.3) is 11.4 Å². The topological polar surface area (TPSA) is 81.2 Å². The molecule has 27 heavy (non-hydrogen) atoms. The van der Waals surface area contributed by atoms with E-state index in [0.29, 0.717) is 17.1 Å². The standard InChI is InChI=1S/C19H20N4O3S/c1-25-15-9-7-13(8-10-15)18-21-22-19(27)23(18)12-17(24)20-11-14-5-3-4-6-16(14)26-2/h3-10H,11-12H2,1-2H3,(H,20,24)(H,22,27). The minimum absolute atomic E-state index is 0.0614. The average molecular weight is 384 g/mol. The van der Waals surface area contributed by atoms with Gasteiger partial charge in [0.1, 0.15) is 18.0 Å². The monoisotopic (exact) mass is 384 g/mol. The zero-order valence-corrected chi connectivity index (χ0v) is 15.9. The lowest BCUT2D eigenvalue weighted by Crippen LogP contribution is -2.27. The minimum atomic E-state index is -0.173. The molecule has 2 aromatic carbocycles. The Morgan fingerprint density at radius 3 is 2.59 bits per heavy atom. The molecule has 0 saturated carbocycles. The Hall–Kier alpha value is -3.13. The predicted octanol–water partition coefficient (Wildman–Crippen LogP) is 2.94. The summed E-state index contributed by atoms with van der Waals surface area (Å²) in [6, 6.07) is 15.0. The number of carbonyl (C=O) groups is 1. The molecule has 0 aliphatic rings. The lowest BCUT2D eigenvalue weighted by atomic mass is 10.2. The number of methoxy groups -OCH3 is 2. The summed E-state index contributed by atoms with van der Waals surface area (Å²) in [6.07, 6.45) is 0. The summed E-state index contributed by atoms with van der Waals surface area (Å²) in [5.41, 5.74) is 1.74. The zero-order chi connectivity index (χ0) is 19.2. The fourth-order valence-electron chi connectivity index (χ4n) is 2.67. The Morgan fingerprint density at radius 1 is 1.15 bits per heavy atom. The summed E-state index contributed by atoms with van der Waals surface area (Å²) in [4.78, 5) is 12.4. The van der Waals surface area contributed by atoms with Gasteiger partial charge in [0.15, 0.2) is 10.6 Å². The molecule has 0 aliphatic heterocycles. The van der Waals surface area contributed by atoms with E-state index in [2.05, 4.69) is 15.5 Å². The number of amides is 1. The van der Waals surface area contributed by atoms with Gasteiger partial charge in [-0.15, -0.1) is 0 Å². The Bertz CT molecular complexity index is 979. The molecule has 0 fully saturated rings. The van der Waals surface area contributed by atoms with Crippen molar-refractivity contribution in [3.05, 3.63) is 58.9 Å². The van der Waals surface area contributed by atoms with Gasteiger partial charge in [-0.2, -0.15) is 5.10 Å². The van der Waals surface area contributed by atoms with Crippen LogP contribution < -0.4 is 14.8 Å². The third kappa shape index (κ3) is 4.35. The Labute approximate surface area is 161 Å². The van der Waals surface area contributed by atoms with E-state index in [1.165, 1.54) is 0 Å². The van der Waals surface area contributed by atoms with Crippen molar-refractivity contribution in [3.63, 3.8) is 0 Å². The van der Waals surface area contributed by atoms with Crippen molar-refractivity contribution in [2.24, 2.45) is 0 Å². The summed E-state index contributed by atoms with van der Waals surface area (Å²) >= 11 is 5.28. The number of H-pyrrole nitrogens is 1. The van der Waals surface area contributed by atoms with Crippen LogP contribution in [-0.4, -0.2) is 34.9 Å². The first-order valence-electron chi connectivity index (χ1n) is 8.30. The molecular formula is C19H20N4O3S. The molecule has 1 heterocycles. The maximum Gasteiger partial charge on any atom is 0.240 e. The molecule has 0 atom stereocenters. The van der Waals surface area contributed by atoms with E-state index < -0.39 is 0 Å². The van der Waals surface area contributed by atoms with Gasteiger partial charge in [-0.3, -0.25) is 14.5 Å². The molecule has 0 radical (unpaired) electrons. The van der Waals surface area contributed by atoms with Crippen LogP contribution in [0.1, 0.15) is 5.56 Å². The van der Waals surface area contributed by atoms with E-state index in [0.717, 1.165) is 22.6 Å². The Balaban J connectivity index is 1.72. The molecule has 0 spiro atoms. The molecular weight excluding hydrogens is 364 g/mol. The number of hydrogen-bond acceptors (Lipinski definition) is 5. The Kier molecular flexibility index (Phi) is 5.87. The highest BCUT2D eigenvalue weighted by atomic mass is 32.1. The van der Waals surface area contributed by atoms with Gasteiger partial charge in [-0.25, -0.2) is 0 Å². The number of carbonyl (C=O) groups excluding carboxylic acids is 1. The van der Waals surface area contributed by atoms with Crippen LogP contribution in [0, 0.1) is 4.77 Å². The van der Waals surface area contributed by atoms with Crippen molar-refractivity contribution in [2.45, 2.75) is 13.1 Å². The highest BCUT2D eigenvalue weighted by molar-refractivity contribution is 7.71. The van der Waals surface area contributed by atoms with Crippen LogP contribution in [0.4, 0.5) is 0 Å². The number of nitrogens with zero attached hydrogens (tertiary/aromatic N) is 2.